The molecule has 4 heterocycles. The van der Waals surface area contributed by atoms with Crippen LogP contribution in [-0.4, -0.2) is 67.5 Å². The number of rotatable bonds is 4. The van der Waals surface area contributed by atoms with Gasteiger partial charge in [0.2, 0.25) is 11.8 Å². The fourth-order valence-electron chi connectivity index (χ4n) is 4.65. The first-order valence-corrected chi connectivity index (χ1v) is 8.98. The van der Waals surface area contributed by atoms with Gasteiger partial charge in [-0.25, -0.2) is 4.68 Å². The molecular weight excluding hydrogens is 308 g/mol. The lowest BCUT2D eigenvalue weighted by Gasteiger charge is -2.52. The van der Waals surface area contributed by atoms with Crippen LogP contribution in [0.15, 0.2) is 6.33 Å². The van der Waals surface area contributed by atoms with E-state index in [-0.39, 0.29) is 5.91 Å². The first kappa shape index (κ1) is 15.5. The molecule has 3 aliphatic heterocycles. The molecule has 1 aromatic rings. The van der Waals surface area contributed by atoms with Crippen molar-refractivity contribution >= 4 is 11.8 Å². The van der Waals surface area contributed by atoms with Crippen molar-refractivity contribution in [3.8, 4) is 0 Å². The summed E-state index contributed by atoms with van der Waals surface area (Å²) in [5.74, 6) is 1.46. The summed E-state index contributed by atoms with van der Waals surface area (Å²) in [6, 6.07) is 0.360. The van der Waals surface area contributed by atoms with Crippen LogP contribution in [0, 0.1) is 11.8 Å². The second-order valence-corrected chi connectivity index (χ2v) is 7.34. The number of aromatic nitrogens is 4. The number of likely N-dealkylation sites (tertiary alicyclic amines) is 1. The van der Waals surface area contributed by atoms with Crippen LogP contribution >= 0.6 is 0 Å². The van der Waals surface area contributed by atoms with Crippen LogP contribution in [0.5, 0.6) is 0 Å². The topological polar surface area (TPSA) is 84.2 Å². The number of hydrogen-bond donors (Lipinski definition) is 0. The highest BCUT2D eigenvalue weighted by atomic mass is 16.2. The number of aryl methyl sites for hydroxylation is 1. The maximum Gasteiger partial charge on any atom is 0.222 e. The predicted octanol–water partition coefficient (Wildman–Crippen LogP) is 0.313. The summed E-state index contributed by atoms with van der Waals surface area (Å²) in [7, 11) is 0. The van der Waals surface area contributed by atoms with Gasteiger partial charge in [0.1, 0.15) is 6.33 Å². The molecule has 0 radical (unpaired) electrons. The molecule has 3 unspecified atom stereocenters. The molecule has 3 aliphatic rings. The molecule has 8 nitrogen and oxygen atoms in total. The third-order valence-corrected chi connectivity index (χ3v) is 5.70. The zero-order valence-corrected chi connectivity index (χ0v) is 13.9. The van der Waals surface area contributed by atoms with E-state index in [9.17, 15) is 9.59 Å². The van der Waals surface area contributed by atoms with Crippen molar-refractivity contribution in [2.75, 3.05) is 19.6 Å². The molecule has 3 saturated heterocycles. The molecule has 4 rings (SSSR count). The van der Waals surface area contributed by atoms with E-state index in [1.807, 2.05) is 4.90 Å². The molecule has 2 bridgehead atoms. The van der Waals surface area contributed by atoms with Gasteiger partial charge in [0, 0.05) is 45.1 Å². The van der Waals surface area contributed by atoms with Crippen LogP contribution in [0.3, 0.4) is 0 Å². The Kier molecular flexibility index (Phi) is 4.20. The average Bonchev–Trinajstić information content (AvgIpc) is 3.09. The van der Waals surface area contributed by atoms with Crippen LogP contribution in [0.1, 0.15) is 38.5 Å². The minimum Gasteiger partial charge on any atom is -0.342 e. The number of carbonyl (C=O) groups is 2. The van der Waals surface area contributed by atoms with Gasteiger partial charge >= 0.3 is 0 Å². The van der Waals surface area contributed by atoms with E-state index < -0.39 is 0 Å². The van der Waals surface area contributed by atoms with E-state index >= 15 is 0 Å². The summed E-state index contributed by atoms with van der Waals surface area (Å²) in [5, 5.41) is 11.0. The van der Waals surface area contributed by atoms with E-state index in [4.69, 9.17) is 0 Å². The Hall–Kier alpha value is -1.99. The van der Waals surface area contributed by atoms with E-state index in [0.717, 1.165) is 38.9 Å². The Morgan fingerprint density at radius 2 is 2.21 bits per heavy atom. The lowest BCUT2D eigenvalue weighted by Crippen LogP contribution is -2.61. The minimum atomic E-state index is 0.230. The monoisotopic (exact) mass is 332 g/mol. The second kappa shape index (κ2) is 6.49. The van der Waals surface area contributed by atoms with Crippen molar-refractivity contribution in [3.05, 3.63) is 6.33 Å². The summed E-state index contributed by atoms with van der Waals surface area (Å²) in [6.45, 7) is 3.13. The average molecular weight is 332 g/mol. The van der Waals surface area contributed by atoms with Crippen LogP contribution < -0.4 is 0 Å². The number of piperidine rings is 3. The third kappa shape index (κ3) is 3.01. The lowest BCUT2D eigenvalue weighted by molar-refractivity contribution is -0.148. The van der Waals surface area contributed by atoms with Crippen molar-refractivity contribution in [3.63, 3.8) is 0 Å². The second-order valence-electron chi connectivity index (χ2n) is 7.34. The van der Waals surface area contributed by atoms with Crippen LogP contribution in [-0.2, 0) is 16.1 Å². The molecule has 0 aliphatic carbocycles. The predicted molar refractivity (Wildman–Crippen MR) is 84.6 cm³/mol. The van der Waals surface area contributed by atoms with Crippen molar-refractivity contribution in [2.45, 2.75) is 51.1 Å². The summed E-state index contributed by atoms with van der Waals surface area (Å²) < 4.78 is 1.66. The quantitative estimate of drug-likeness (QED) is 0.792. The van der Waals surface area contributed by atoms with Gasteiger partial charge in [-0.05, 0) is 47.9 Å². The van der Waals surface area contributed by atoms with E-state index in [0.29, 0.717) is 43.2 Å². The first-order chi connectivity index (χ1) is 11.7. The fourth-order valence-corrected chi connectivity index (χ4v) is 4.65. The molecule has 0 spiro atoms. The van der Waals surface area contributed by atoms with Crippen molar-refractivity contribution < 1.29 is 9.59 Å². The smallest absolute Gasteiger partial charge is 0.222 e. The summed E-state index contributed by atoms with van der Waals surface area (Å²) in [6.07, 6.45) is 6.84. The van der Waals surface area contributed by atoms with Crippen LogP contribution in [0.4, 0.5) is 0 Å². The van der Waals surface area contributed by atoms with E-state index in [2.05, 4.69) is 20.4 Å². The number of nitrogens with zero attached hydrogens (tertiary/aromatic N) is 6. The Morgan fingerprint density at radius 1 is 1.29 bits per heavy atom. The Morgan fingerprint density at radius 3 is 3.04 bits per heavy atom. The molecule has 0 N–H and O–H groups in total. The van der Waals surface area contributed by atoms with Crippen molar-refractivity contribution in [1.82, 2.24) is 30.0 Å². The van der Waals surface area contributed by atoms with Crippen LogP contribution in [0.2, 0.25) is 0 Å². The fraction of sp³-hybridized carbons (Fsp3) is 0.812. The zero-order valence-electron chi connectivity index (χ0n) is 13.9. The minimum absolute atomic E-state index is 0.230. The third-order valence-electron chi connectivity index (χ3n) is 5.70. The molecule has 0 aromatic carbocycles. The molecular formula is C16H24N6O2. The molecule has 3 atom stereocenters. The Bertz CT molecular complexity index is 604. The normalized spacial score (nSPS) is 29.5. The number of hydrogen-bond acceptors (Lipinski definition) is 5. The SMILES string of the molecule is O=C(CCCn1cnnn1)N1CC2CC(C1)C1CCCC(=O)N1C2. The maximum atomic E-state index is 12.6. The molecule has 0 saturated carbocycles. The summed E-state index contributed by atoms with van der Waals surface area (Å²) >= 11 is 0. The van der Waals surface area contributed by atoms with E-state index in [1.165, 1.54) is 6.42 Å². The molecule has 2 amide bonds. The number of fused-ring (bicyclic) bond motifs is 4. The molecule has 1 aromatic heterocycles. The van der Waals surface area contributed by atoms with Gasteiger partial charge in [-0.1, -0.05) is 0 Å². The summed E-state index contributed by atoms with van der Waals surface area (Å²) in [5.41, 5.74) is 0. The number of amides is 2. The molecule has 24 heavy (non-hydrogen) atoms. The number of tetrazole rings is 1. The van der Waals surface area contributed by atoms with Gasteiger partial charge in [-0.3, -0.25) is 9.59 Å². The van der Waals surface area contributed by atoms with Gasteiger partial charge in [0.05, 0.1) is 0 Å². The lowest BCUT2D eigenvalue weighted by atomic mass is 9.76. The largest absolute Gasteiger partial charge is 0.342 e. The highest BCUT2D eigenvalue weighted by molar-refractivity contribution is 5.78. The standard InChI is InChI=1S/C16H24N6O2/c23-15(5-2-6-21-11-17-18-19-21)20-8-12-7-13(10-20)14-3-1-4-16(24)22(14)9-12/h11-14H,1-10H2. The summed E-state index contributed by atoms with van der Waals surface area (Å²) in [4.78, 5) is 28.9. The Labute approximate surface area is 141 Å². The zero-order chi connectivity index (χ0) is 16.5. The van der Waals surface area contributed by atoms with E-state index in [1.54, 1.807) is 11.0 Å². The van der Waals surface area contributed by atoms with Gasteiger partial charge in [-0.15, -0.1) is 5.10 Å². The molecule has 3 fully saturated rings. The van der Waals surface area contributed by atoms with Gasteiger partial charge < -0.3 is 9.80 Å². The highest BCUT2D eigenvalue weighted by Gasteiger charge is 2.44. The molecule has 130 valence electrons. The van der Waals surface area contributed by atoms with Crippen molar-refractivity contribution in [2.24, 2.45) is 11.8 Å². The van der Waals surface area contributed by atoms with Crippen molar-refractivity contribution in [1.29, 1.82) is 0 Å². The van der Waals surface area contributed by atoms with Crippen LogP contribution in [0.25, 0.3) is 0 Å². The maximum absolute atomic E-state index is 12.6. The number of carbonyl (C=O) groups excluding carboxylic acids is 2. The van der Waals surface area contributed by atoms with Gasteiger partial charge in [0.15, 0.2) is 0 Å². The molecule has 8 heteroatoms. The Balaban J connectivity index is 1.33. The first-order valence-electron chi connectivity index (χ1n) is 8.98. The van der Waals surface area contributed by atoms with Gasteiger partial charge in [0.25, 0.3) is 0 Å². The van der Waals surface area contributed by atoms with Gasteiger partial charge in [-0.2, -0.15) is 0 Å². The highest BCUT2D eigenvalue weighted by Crippen LogP contribution is 2.38.